The highest BCUT2D eigenvalue weighted by Gasteiger charge is 2.33. The molecule has 2 aromatic rings. The summed E-state index contributed by atoms with van der Waals surface area (Å²) in [5.41, 5.74) is -0.223. The van der Waals surface area contributed by atoms with Crippen LogP contribution in [0.4, 0.5) is 0 Å². The van der Waals surface area contributed by atoms with E-state index in [1.54, 1.807) is 18.2 Å². The van der Waals surface area contributed by atoms with Crippen molar-refractivity contribution in [2.75, 3.05) is 19.7 Å². The third-order valence-corrected chi connectivity index (χ3v) is 6.06. The molecule has 1 aromatic heterocycles. The number of esters is 1. The molecule has 0 radical (unpaired) electrons. The van der Waals surface area contributed by atoms with Crippen LogP contribution in [0, 0.1) is 5.92 Å². The molecule has 4 rings (SSSR count). The minimum absolute atomic E-state index is 0.0353. The Bertz CT molecular complexity index is 876. The van der Waals surface area contributed by atoms with Gasteiger partial charge in [0.05, 0.1) is 6.61 Å². The highest BCUT2D eigenvalue weighted by Crippen LogP contribution is 2.31. The Labute approximate surface area is 160 Å². The zero-order chi connectivity index (χ0) is 18.1. The number of halogens is 1. The van der Waals surface area contributed by atoms with E-state index < -0.39 is 11.6 Å². The van der Waals surface area contributed by atoms with Crippen molar-refractivity contribution in [1.82, 2.24) is 4.90 Å². The van der Waals surface area contributed by atoms with Gasteiger partial charge >= 0.3 is 11.6 Å². The van der Waals surface area contributed by atoms with Crippen LogP contribution in [0.2, 0.25) is 0 Å². The second-order valence-corrected chi connectivity index (χ2v) is 8.15. The van der Waals surface area contributed by atoms with Crippen LogP contribution in [-0.2, 0) is 4.74 Å². The Balaban J connectivity index is 1.48. The van der Waals surface area contributed by atoms with Gasteiger partial charge in [0.15, 0.2) is 0 Å². The zero-order valence-electron chi connectivity index (χ0n) is 14.6. The summed E-state index contributed by atoms with van der Waals surface area (Å²) in [5, 5.41) is 0.696. The number of benzene rings is 1. The summed E-state index contributed by atoms with van der Waals surface area (Å²) in [6, 6.07) is 7.38. The molecule has 2 aliphatic rings. The molecule has 2 saturated heterocycles. The number of hydrogen-bond acceptors (Lipinski definition) is 5. The van der Waals surface area contributed by atoms with E-state index in [4.69, 9.17) is 9.15 Å². The standard InChI is InChI=1S/C20H22BrNO4/c21-15-6-7-18-14(10-15)11-16(20(24)26-18)19(23)25-12-13-4-3-9-22-8-2-1-5-17(13)22/h6-7,10-11,13,17H,1-5,8-9,12H2. The van der Waals surface area contributed by atoms with Gasteiger partial charge in [-0.05, 0) is 63.0 Å². The molecule has 0 bridgehead atoms. The number of ether oxygens (including phenoxy) is 1. The van der Waals surface area contributed by atoms with Crippen molar-refractivity contribution in [2.24, 2.45) is 5.92 Å². The summed E-state index contributed by atoms with van der Waals surface area (Å²) >= 11 is 3.39. The van der Waals surface area contributed by atoms with Gasteiger partial charge in [-0.25, -0.2) is 9.59 Å². The summed E-state index contributed by atoms with van der Waals surface area (Å²) in [7, 11) is 0. The van der Waals surface area contributed by atoms with Crippen LogP contribution in [0.1, 0.15) is 42.5 Å². The maximum Gasteiger partial charge on any atom is 0.351 e. The molecule has 26 heavy (non-hydrogen) atoms. The van der Waals surface area contributed by atoms with E-state index in [0.717, 1.165) is 30.4 Å². The molecule has 2 unspecified atom stereocenters. The van der Waals surface area contributed by atoms with Gasteiger partial charge < -0.3 is 9.15 Å². The Kier molecular flexibility index (Phi) is 5.14. The quantitative estimate of drug-likeness (QED) is 0.556. The van der Waals surface area contributed by atoms with Crippen molar-refractivity contribution in [1.29, 1.82) is 0 Å². The molecule has 5 nitrogen and oxygen atoms in total. The van der Waals surface area contributed by atoms with Gasteiger partial charge in [-0.15, -0.1) is 0 Å². The molecule has 138 valence electrons. The van der Waals surface area contributed by atoms with Gasteiger partial charge in [0.25, 0.3) is 0 Å². The van der Waals surface area contributed by atoms with Crippen LogP contribution in [0.5, 0.6) is 0 Å². The van der Waals surface area contributed by atoms with Crippen molar-refractivity contribution in [3.63, 3.8) is 0 Å². The van der Waals surface area contributed by atoms with Crippen LogP contribution >= 0.6 is 15.9 Å². The summed E-state index contributed by atoms with van der Waals surface area (Å²) < 4.78 is 11.7. The number of carbonyl (C=O) groups excluding carboxylic acids is 1. The van der Waals surface area contributed by atoms with Gasteiger partial charge in [0, 0.05) is 21.8 Å². The molecule has 0 saturated carbocycles. The third-order valence-electron chi connectivity index (χ3n) is 5.57. The van der Waals surface area contributed by atoms with E-state index in [-0.39, 0.29) is 5.56 Å². The van der Waals surface area contributed by atoms with Crippen LogP contribution < -0.4 is 5.63 Å². The van der Waals surface area contributed by atoms with Crippen molar-refractivity contribution >= 4 is 32.9 Å². The minimum atomic E-state index is -0.646. The molecule has 6 heteroatoms. The molecule has 0 aliphatic carbocycles. The number of fused-ring (bicyclic) bond motifs is 2. The van der Waals surface area contributed by atoms with Crippen molar-refractivity contribution in [3.8, 4) is 0 Å². The second-order valence-electron chi connectivity index (χ2n) is 7.23. The van der Waals surface area contributed by atoms with E-state index in [0.29, 0.717) is 29.5 Å². The molecule has 3 heterocycles. The number of nitrogens with zero attached hydrogens (tertiary/aromatic N) is 1. The number of piperidine rings is 2. The fourth-order valence-electron chi connectivity index (χ4n) is 4.27. The average Bonchev–Trinajstić information content (AvgIpc) is 2.66. The highest BCUT2D eigenvalue weighted by molar-refractivity contribution is 9.10. The summed E-state index contributed by atoms with van der Waals surface area (Å²) in [6.45, 7) is 2.67. The van der Waals surface area contributed by atoms with E-state index in [9.17, 15) is 9.59 Å². The normalized spacial score (nSPS) is 23.6. The smallest absolute Gasteiger partial charge is 0.351 e. The van der Waals surface area contributed by atoms with E-state index >= 15 is 0 Å². The molecule has 1 aromatic carbocycles. The first-order valence-corrected chi connectivity index (χ1v) is 10.1. The average molecular weight is 420 g/mol. The lowest BCUT2D eigenvalue weighted by Crippen LogP contribution is -2.49. The fraction of sp³-hybridized carbons (Fsp3) is 0.500. The van der Waals surface area contributed by atoms with Gasteiger partial charge in [-0.3, -0.25) is 4.90 Å². The Morgan fingerprint density at radius 1 is 1.19 bits per heavy atom. The maximum absolute atomic E-state index is 12.5. The summed E-state index contributed by atoms with van der Waals surface area (Å²) in [5.74, 6) is -0.233. The molecule has 0 N–H and O–H groups in total. The van der Waals surface area contributed by atoms with E-state index in [2.05, 4.69) is 20.8 Å². The molecule has 0 amide bonds. The van der Waals surface area contributed by atoms with E-state index in [1.807, 2.05) is 6.07 Å². The second kappa shape index (κ2) is 7.53. The Hall–Kier alpha value is -1.66. The molecule has 0 spiro atoms. The largest absolute Gasteiger partial charge is 0.462 e. The van der Waals surface area contributed by atoms with E-state index in [1.165, 1.54) is 19.3 Å². The van der Waals surface area contributed by atoms with Crippen LogP contribution in [0.3, 0.4) is 0 Å². The van der Waals surface area contributed by atoms with Crippen molar-refractivity contribution in [3.05, 3.63) is 44.7 Å². The SMILES string of the molecule is O=C(OCC1CCCN2CCCCC12)c1cc2cc(Br)ccc2oc1=O. The monoisotopic (exact) mass is 419 g/mol. The Morgan fingerprint density at radius 2 is 2.04 bits per heavy atom. The van der Waals surface area contributed by atoms with Gasteiger partial charge in [0.2, 0.25) is 0 Å². The van der Waals surface area contributed by atoms with Gasteiger partial charge in [-0.1, -0.05) is 22.4 Å². The van der Waals surface area contributed by atoms with Crippen molar-refractivity contribution in [2.45, 2.75) is 38.1 Å². The maximum atomic E-state index is 12.5. The van der Waals surface area contributed by atoms with Crippen LogP contribution in [-0.4, -0.2) is 36.6 Å². The lowest BCUT2D eigenvalue weighted by molar-refractivity contribution is 0.00716. The summed E-state index contributed by atoms with van der Waals surface area (Å²) in [4.78, 5) is 27.2. The first-order chi connectivity index (χ1) is 12.6. The number of carbonyl (C=O) groups is 1. The minimum Gasteiger partial charge on any atom is -0.462 e. The predicted octanol–water partition coefficient (Wildman–Crippen LogP) is 3.98. The number of hydrogen-bond donors (Lipinski definition) is 0. The molecule has 2 fully saturated rings. The number of rotatable bonds is 3. The molecule has 2 atom stereocenters. The third kappa shape index (κ3) is 3.58. The Morgan fingerprint density at radius 3 is 2.92 bits per heavy atom. The van der Waals surface area contributed by atoms with Crippen LogP contribution in [0.25, 0.3) is 11.0 Å². The zero-order valence-corrected chi connectivity index (χ0v) is 16.2. The van der Waals surface area contributed by atoms with Gasteiger partial charge in [0.1, 0.15) is 11.1 Å². The van der Waals surface area contributed by atoms with Gasteiger partial charge in [-0.2, -0.15) is 0 Å². The first-order valence-electron chi connectivity index (χ1n) is 9.26. The highest BCUT2D eigenvalue weighted by atomic mass is 79.9. The lowest BCUT2D eigenvalue weighted by Gasteiger charge is -2.44. The molecular formula is C20H22BrNO4. The topological polar surface area (TPSA) is 59.8 Å². The molecule has 2 aliphatic heterocycles. The molecular weight excluding hydrogens is 398 g/mol. The van der Waals surface area contributed by atoms with Crippen LogP contribution in [0.15, 0.2) is 37.9 Å². The predicted molar refractivity (Wildman–Crippen MR) is 102 cm³/mol. The first kappa shape index (κ1) is 17.7. The fourth-order valence-corrected chi connectivity index (χ4v) is 4.65. The summed E-state index contributed by atoms with van der Waals surface area (Å²) in [6.07, 6.45) is 5.90. The van der Waals surface area contributed by atoms with Crippen molar-refractivity contribution < 1.29 is 13.9 Å². The lowest BCUT2D eigenvalue weighted by atomic mass is 9.84.